The number of carbonyl (C=O) groups is 2. The van der Waals surface area contributed by atoms with Crippen molar-refractivity contribution in [3.63, 3.8) is 0 Å². The van der Waals surface area contributed by atoms with Crippen molar-refractivity contribution in [2.75, 3.05) is 10.6 Å². The molecule has 7 N–H and O–H groups in total. The topological polar surface area (TPSA) is 188 Å². The Bertz CT molecular complexity index is 1700. The number of para-hydroxylation sites is 1. The van der Waals surface area contributed by atoms with Crippen molar-refractivity contribution in [1.82, 2.24) is 0 Å². The molecule has 1 aliphatic rings. The van der Waals surface area contributed by atoms with Crippen LogP contribution >= 0.6 is 0 Å². The van der Waals surface area contributed by atoms with Gasteiger partial charge in [-0.05, 0) is 42.0 Å². The van der Waals surface area contributed by atoms with Gasteiger partial charge in [-0.2, -0.15) is 0 Å². The Morgan fingerprint density at radius 1 is 0.795 bits per heavy atom. The van der Waals surface area contributed by atoms with Crippen molar-refractivity contribution in [2.24, 2.45) is 5.14 Å². The highest BCUT2D eigenvalue weighted by atomic mass is 32.2. The lowest BCUT2D eigenvalue weighted by Gasteiger charge is -2.29. The fourth-order valence-corrected chi connectivity index (χ4v) is 5.19. The zero-order chi connectivity index (χ0) is 27.9. The van der Waals surface area contributed by atoms with Crippen LogP contribution in [0.3, 0.4) is 0 Å². The van der Waals surface area contributed by atoms with Crippen LogP contribution in [0, 0.1) is 0 Å². The predicted octanol–water partition coefficient (Wildman–Crippen LogP) is 4.37. The van der Waals surface area contributed by atoms with Crippen LogP contribution in [0.25, 0.3) is 0 Å². The number of hydrogen-bond acceptors (Lipinski definition) is 7. The summed E-state index contributed by atoms with van der Waals surface area (Å²) in [6, 6.07) is 18.0. The van der Waals surface area contributed by atoms with Crippen LogP contribution in [0.15, 0.2) is 83.8 Å². The van der Waals surface area contributed by atoms with Crippen LogP contribution in [0.2, 0.25) is 0 Å². The normalized spacial score (nSPS) is 12.5. The third kappa shape index (κ3) is 5.06. The third-order valence-corrected chi connectivity index (χ3v) is 7.10. The van der Waals surface area contributed by atoms with Gasteiger partial charge >= 0.3 is 12.0 Å². The number of urea groups is 1. The van der Waals surface area contributed by atoms with Gasteiger partial charge in [0.15, 0.2) is 0 Å². The van der Waals surface area contributed by atoms with Crippen LogP contribution in [0.4, 0.5) is 16.2 Å². The minimum Gasteiger partial charge on any atom is -0.508 e. The number of aromatic hydroxyl groups is 2. The zero-order valence-corrected chi connectivity index (χ0v) is 20.8. The number of carboxylic acid groups (broad SMARTS) is 1. The molecule has 12 heteroatoms. The van der Waals surface area contributed by atoms with Crippen molar-refractivity contribution in [3.8, 4) is 23.0 Å². The SMILES string of the molecule is NS(=O)(=O)c1ccccc1NC(=O)Nc1ccc(C2c3ccc(O)cc3Oc3cc(O)ccc32)c(C(=O)O)c1. The summed E-state index contributed by atoms with van der Waals surface area (Å²) in [6.45, 7) is 0. The predicted molar refractivity (Wildman–Crippen MR) is 141 cm³/mol. The van der Waals surface area contributed by atoms with Crippen molar-refractivity contribution in [2.45, 2.75) is 10.8 Å². The van der Waals surface area contributed by atoms with E-state index in [0.29, 0.717) is 28.2 Å². The summed E-state index contributed by atoms with van der Waals surface area (Å²) in [5.74, 6) is -1.41. The Kier molecular flexibility index (Phi) is 6.34. The van der Waals surface area contributed by atoms with Gasteiger partial charge in [0.25, 0.3) is 0 Å². The van der Waals surface area contributed by atoms with E-state index in [0.717, 1.165) is 0 Å². The van der Waals surface area contributed by atoms with Crippen LogP contribution in [0.5, 0.6) is 23.0 Å². The second-order valence-corrected chi connectivity index (χ2v) is 10.2. The van der Waals surface area contributed by atoms with Gasteiger partial charge in [0.2, 0.25) is 10.0 Å². The monoisotopic (exact) mass is 547 g/mol. The number of fused-ring (bicyclic) bond motifs is 2. The third-order valence-electron chi connectivity index (χ3n) is 6.13. The molecule has 198 valence electrons. The number of ether oxygens (including phenoxy) is 1. The summed E-state index contributed by atoms with van der Waals surface area (Å²) in [6.07, 6.45) is 0. The second-order valence-electron chi connectivity index (χ2n) is 8.71. The lowest BCUT2D eigenvalue weighted by atomic mass is 9.80. The Morgan fingerprint density at radius 3 is 1.97 bits per heavy atom. The molecule has 4 aromatic rings. The van der Waals surface area contributed by atoms with Gasteiger partial charge in [-0.1, -0.05) is 30.3 Å². The number of phenolic OH excluding ortho intramolecular Hbond substituents is 2. The molecule has 0 saturated carbocycles. The molecule has 0 radical (unpaired) electrons. The molecule has 0 unspecified atom stereocenters. The van der Waals surface area contributed by atoms with E-state index in [9.17, 15) is 33.3 Å². The minimum absolute atomic E-state index is 0.0468. The van der Waals surface area contributed by atoms with E-state index < -0.39 is 27.9 Å². The number of carboxylic acids is 1. The van der Waals surface area contributed by atoms with Gasteiger partial charge in [0.1, 0.15) is 27.9 Å². The van der Waals surface area contributed by atoms with Gasteiger partial charge in [-0.25, -0.2) is 23.1 Å². The van der Waals surface area contributed by atoms with Crippen LogP contribution < -0.4 is 20.5 Å². The Morgan fingerprint density at radius 2 is 1.38 bits per heavy atom. The number of amides is 2. The average Bonchev–Trinajstić information content (AvgIpc) is 2.87. The Hall–Kier alpha value is -5.07. The zero-order valence-electron chi connectivity index (χ0n) is 20.0. The first kappa shape index (κ1) is 25.6. The minimum atomic E-state index is -4.10. The van der Waals surface area contributed by atoms with E-state index in [4.69, 9.17) is 9.88 Å². The largest absolute Gasteiger partial charge is 0.508 e. The summed E-state index contributed by atoms with van der Waals surface area (Å²) in [5, 5.41) is 40.1. The quantitative estimate of drug-likeness (QED) is 0.187. The van der Waals surface area contributed by atoms with Gasteiger partial charge in [-0.3, -0.25) is 0 Å². The molecule has 0 saturated heterocycles. The first-order chi connectivity index (χ1) is 18.5. The number of carbonyl (C=O) groups excluding carboxylic acids is 1. The lowest BCUT2D eigenvalue weighted by Crippen LogP contribution is -2.23. The van der Waals surface area contributed by atoms with Crippen LogP contribution in [-0.2, 0) is 10.0 Å². The summed E-state index contributed by atoms with van der Waals surface area (Å²) < 4.78 is 29.5. The standard InChI is InChI=1S/C27H21N3O8S/c28-39(36,37)24-4-2-1-3-21(24)30-27(35)29-14-5-8-17(20(11-14)26(33)34)25-18-9-6-15(31)12-22(18)38-23-13-16(32)7-10-19(23)25/h1-13,25,31-32H,(H,33,34)(H2,28,36,37)(H2,29,30,35). The molecular formula is C27H21N3O8S. The highest BCUT2D eigenvalue weighted by Gasteiger charge is 2.32. The van der Waals surface area contributed by atoms with E-state index in [1.165, 1.54) is 60.7 Å². The number of anilines is 2. The number of aromatic carboxylic acids is 1. The fraction of sp³-hybridized carbons (Fsp3) is 0.0370. The second kappa shape index (κ2) is 9.67. The maximum Gasteiger partial charge on any atom is 0.336 e. The van der Waals surface area contributed by atoms with Crippen molar-refractivity contribution >= 4 is 33.4 Å². The molecule has 11 nitrogen and oxygen atoms in total. The lowest BCUT2D eigenvalue weighted by molar-refractivity contribution is 0.0695. The number of rotatable bonds is 5. The van der Waals surface area contributed by atoms with Gasteiger partial charge < -0.3 is 30.7 Å². The molecule has 0 aromatic heterocycles. The van der Waals surface area contributed by atoms with E-state index in [-0.39, 0.29) is 33.3 Å². The summed E-state index contributed by atoms with van der Waals surface area (Å²) in [7, 11) is -4.10. The van der Waals surface area contributed by atoms with Crippen LogP contribution in [0.1, 0.15) is 33.0 Å². The number of primary sulfonamides is 1. The number of hydrogen-bond donors (Lipinski definition) is 6. The van der Waals surface area contributed by atoms with E-state index in [1.807, 2.05) is 0 Å². The molecule has 0 aliphatic carbocycles. The summed E-state index contributed by atoms with van der Waals surface area (Å²) in [4.78, 5) is 24.7. The molecule has 1 aliphatic heterocycles. The van der Waals surface area contributed by atoms with E-state index >= 15 is 0 Å². The van der Waals surface area contributed by atoms with E-state index in [2.05, 4.69) is 10.6 Å². The number of sulfonamides is 1. The molecule has 0 fully saturated rings. The number of phenols is 2. The maximum atomic E-state index is 12.7. The number of benzene rings is 4. The highest BCUT2D eigenvalue weighted by molar-refractivity contribution is 7.89. The molecule has 5 rings (SSSR count). The Balaban J connectivity index is 1.52. The first-order valence-corrected chi connectivity index (χ1v) is 13.0. The van der Waals surface area contributed by atoms with Crippen molar-refractivity contribution in [3.05, 3.63) is 101 Å². The maximum absolute atomic E-state index is 12.7. The van der Waals surface area contributed by atoms with Gasteiger partial charge in [-0.15, -0.1) is 0 Å². The highest BCUT2D eigenvalue weighted by Crippen LogP contribution is 2.49. The molecular weight excluding hydrogens is 526 g/mol. The van der Waals surface area contributed by atoms with Crippen molar-refractivity contribution < 1.29 is 38.1 Å². The molecule has 4 aromatic carbocycles. The Labute approximate surface area is 222 Å². The van der Waals surface area contributed by atoms with Gasteiger partial charge in [0, 0.05) is 34.9 Å². The fourth-order valence-electron chi connectivity index (χ4n) is 4.49. The molecule has 0 bridgehead atoms. The molecule has 0 atom stereocenters. The van der Waals surface area contributed by atoms with Crippen molar-refractivity contribution in [1.29, 1.82) is 0 Å². The molecule has 1 heterocycles. The van der Waals surface area contributed by atoms with Crippen LogP contribution in [-0.4, -0.2) is 35.7 Å². The first-order valence-electron chi connectivity index (χ1n) is 11.4. The number of nitrogens with two attached hydrogens (primary N) is 1. The average molecular weight is 548 g/mol. The molecule has 0 spiro atoms. The summed E-state index contributed by atoms with van der Waals surface area (Å²) in [5.41, 5.74) is 1.51. The summed E-state index contributed by atoms with van der Waals surface area (Å²) >= 11 is 0. The smallest absolute Gasteiger partial charge is 0.336 e. The molecule has 39 heavy (non-hydrogen) atoms. The molecule has 2 amide bonds. The number of nitrogens with one attached hydrogen (secondary N) is 2. The van der Waals surface area contributed by atoms with Gasteiger partial charge in [0.05, 0.1) is 11.3 Å². The van der Waals surface area contributed by atoms with E-state index in [1.54, 1.807) is 18.2 Å².